The third-order valence-corrected chi connectivity index (χ3v) is 4.83. The zero-order valence-electron chi connectivity index (χ0n) is 13.7. The van der Waals surface area contributed by atoms with E-state index < -0.39 is 10.0 Å². The topological polar surface area (TPSA) is 58.2 Å². The Hall–Kier alpha value is -0.130. The van der Waals surface area contributed by atoms with Crippen molar-refractivity contribution in [3.63, 3.8) is 0 Å². The van der Waals surface area contributed by atoms with E-state index in [1.807, 2.05) is 6.92 Å². The van der Waals surface area contributed by atoms with Crippen molar-refractivity contribution in [2.24, 2.45) is 5.92 Å². The maximum Gasteiger partial charge on any atom is 0.211 e. The second-order valence-corrected chi connectivity index (χ2v) is 7.99. The Bertz CT molecular complexity index is 316. The van der Waals surface area contributed by atoms with Crippen molar-refractivity contribution in [3.05, 3.63) is 0 Å². The molecule has 0 aliphatic carbocycles. The summed E-state index contributed by atoms with van der Waals surface area (Å²) in [6, 6.07) is 0.0527. The smallest absolute Gasteiger partial charge is 0.211 e. The van der Waals surface area contributed by atoms with Crippen LogP contribution in [0.5, 0.6) is 0 Å². The zero-order valence-corrected chi connectivity index (χ0v) is 14.6. The van der Waals surface area contributed by atoms with Gasteiger partial charge in [0.1, 0.15) is 0 Å². The van der Waals surface area contributed by atoms with Crippen molar-refractivity contribution < 1.29 is 8.42 Å². The standard InChI is InChI=1S/C15H34N2O2S/c1-5-11-16-12-6-7-13-20(18,19)17-15(4)10-8-9-14(2)3/h14-17H,5-13H2,1-4H3. The van der Waals surface area contributed by atoms with Gasteiger partial charge < -0.3 is 5.32 Å². The largest absolute Gasteiger partial charge is 0.317 e. The van der Waals surface area contributed by atoms with Crippen LogP contribution in [0, 0.1) is 5.92 Å². The average molecular weight is 307 g/mol. The Labute approximate surface area is 126 Å². The van der Waals surface area contributed by atoms with Crippen LogP contribution in [0.3, 0.4) is 0 Å². The highest BCUT2D eigenvalue weighted by Crippen LogP contribution is 2.09. The molecule has 20 heavy (non-hydrogen) atoms. The molecule has 0 fully saturated rings. The zero-order chi connectivity index (χ0) is 15.4. The van der Waals surface area contributed by atoms with Crippen LogP contribution in [-0.2, 0) is 10.0 Å². The third-order valence-electron chi connectivity index (χ3n) is 3.24. The summed E-state index contributed by atoms with van der Waals surface area (Å²) in [5, 5.41) is 3.29. The molecule has 5 heteroatoms. The number of rotatable bonds is 13. The van der Waals surface area contributed by atoms with Gasteiger partial charge in [-0.15, -0.1) is 0 Å². The van der Waals surface area contributed by atoms with Crippen molar-refractivity contribution in [1.29, 1.82) is 0 Å². The molecule has 2 N–H and O–H groups in total. The number of hydrogen-bond acceptors (Lipinski definition) is 3. The maximum absolute atomic E-state index is 11.9. The predicted octanol–water partition coefficient (Wildman–Crippen LogP) is 2.90. The van der Waals surface area contributed by atoms with Gasteiger partial charge in [-0.3, -0.25) is 0 Å². The predicted molar refractivity (Wildman–Crippen MR) is 87.5 cm³/mol. The molecule has 0 amide bonds. The Morgan fingerprint density at radius 2 is 1.65 bits per heavy atom. The van der Waals surface area contributed by atoms with E-state index in [4.69, 9.17) is 0 Å². The van der Waals surface area contributed by atoms with Crippen LogP contribution in [0.25, 0.3) is 0 Å². The molecule has 0 aromatic carbocycles. The van der Waals surface area contributed by atoms with E-state index in [0.717, 1.165) is 51.6 Å². The molecule has 0 saturated heterocycles. The molecule has 0 aromatic rings. The second kappa shape index (κ2) is 11.5. The normalized spacial score (nSPS) is 13.8. The second-order valence-electron chi connectivity index (χ2n) is 6.12. The van der Waals surface area contributed by atoms with Crippen LogP contribution in [0.1, 0.15) is 66.2 Å². The fourth-order valence-corrected chi connectivity index (χ4v) is 3.53. The first-order valence-electron chi connectivity index (χ1n) is 8.08. The minimum Gasteiger partial charge on any atom is -0.317 e. The lowest BCUT2D eigenvalue weighted by atomic mass is 10.0. The van der Waals surface area contributed by atoms with Crippen molar-refractivity contribution in [2.75, 3.05) is 18.8 Å². The van der Waals surface area contributed by atoms with E-state index in [1.165, 1.54) is 0 Å². The number of nitrogens with one attached hydrogen (secondary N) is 2. The van der Waals surface area contributed by atoms with Crippen LogP contribution in [0.15, 0.2) is 0 Å². The van der Waals surface area contributed by atoms with Crippen LogP contribution in [-0.4, -0.2) is 33.3 Å². The first-order valence-corrected chi connectivity index (χ1v) is 9.73. The SMILES string of the molecule is CCCNCCCCS(=O)(=O)NC(C)CCCC(C)C. The monoisotopic (exact) mass is 306 g/mol. The quantitative estimate of drug-likeness (QED) is 0.514. The summed E-state index contributed by atoms with van der Waals surface area (Å²) < 4.78 is 26.6. The van der Waals surface area contributed by atoms with Crippen molar-refractivity contribution in [3.8, 4) is 0 Å². The van der Waals surface area contributed by atoms with Crippen LogP contribution < -0.4 is 10.0 Å². The van der Waals surface area contributed by atoms with Gasteiger partial charge in [-0.1, -0.05) is 33.6 Å². The fraction of sp³-hybridized carbons (Fsp3) is 1.00. The average Bonchev–Trinajstić information content (AvgIpc) is 2.32. The van der Waals surface area contributed by atoms with Gasteiger partial charge >= 0.3 is 0 Å². The molecule has 0 heterocycles. The molecule has 0 aliphatic heterocycles. The summed E-state index contributed by atoms with van der Waals surface area (Å²) >= 11 is 0. The third kappa shape index (κ3) is 12.9. The summed E-state index contributed by atoms with van der Waals surface area (Å²) in [6.45, 7) is 10.4. The van der Waals surface area contributed by atoms with Gasteiger partial charge in [0.15, 0.2) is 0 Å². The molecule has 1 unspecified atom stereocenters. The van der Waals surface area contributed by atoms with Crippen molar-refractivity contribution in [1.82, 2.24) is 10.0 Å². The molecule has 0 radical (unpaired) electrons. The lowest BCUT2D eigenvalue weighted by Crippen LogP contribution is -2.34. The molecule has 0 spiro atoms. The number of sulfonamides is 1. The Morgan fingerprint density at radius 1 is 0.950 bits per heavy atom. The number of hydrogen-bond donors (Lipinski definition) is 2. The van der Waals surface area contributed by atoms with Crippen LogP contribution in [0.2, 0.25) is 0 Å². The van der Waals surface area contributed by atoms with E-state index in [2.05, 4.69) is 30.8 Å². The van der Waals surface area contributed by atoms with Crippen LogP contribution >= 0.6 is 0 Å². The maximum atomic E-state index is 11.9. The highest BCUT2D eigenvalue weighted by molar-refractivity contribution is 7.89. The molecule has 122 valence electrons. The molecule has 4 nitrogen and oxygen atoms in total. The Kier molecular flexibility index (Phi) is 11.4. The minimum atomic E-state index is -3.10. The summed E-state index contributed by atoms with van der Waals surface area (Å²) in [6.07, 6.45) is 5.94. The molecule has 0 aliphatic rings. The molecule has 0 aromatic heterocycles. The van der Waals surface area contributed by atoms with Crippen molar-refractivity contribution in [2.45, 2.75) is 72.3 Å². The molecule has 0 saturated carbocycles. The van der Waals surface area contributed by atoms with Gasteiger partial charge in [0.2, 0.25) is 10.0 Å². The van der Waals surface area contributed by atoms with Gasteiger partial charge in [0.05, 0.1) is 5.75 Å². The van der Waals surface area contributed by atoms with Gasteiger partial charge in [0, 0.05) is 6.04 Å². The molecule has 1 atom stereocenters. The molecule has 0 bridgehead atoms. The summed E-state index contributed by atoms with van der Waals surface area (Å²) in [5.74, 6) is 0.935. The first-order chi connectivity index (χ1) is 9.37. The summed E-state index contributed by atoms with van der Waals surface area (Å²) in [5.41, 5.74) is 0. The summed E-state index contributed by atoms with van der Waals surface area (Å²) in [7, 11) is -3.10. The van der Waals surface area contributed by atoms with Gasteiger partial charge in [-0.2, -0.15) is 0 Å². The van der Waals surface area contributed by atoms with E-state index in [-0.39, 0.29) is 11.8 Å². The van der Waals surface area contributed by atoms with Gasteiger partial charge in [0.25, 0.3) is 0 Å². The first kappa shape index (κ1) is 19.9. The summed E-state index contributed by atoms with van der Waals surface area (Å²) in [4.78, 5) is 0. The fourth-order valence-electron chi connectivity index (χ4n) is 2.10. The van der Waals surface area contributed by atoms with Crippen LogP contribution in [0.4, 0.5) is 0 Å². The molecular weight excluding hydrogens is 272 g/mol. The van der Waals surface area contributed by atoms with Gasteiger partial charge in [-0.05, 0) is 51.6 Å². The van der Waals surface area contributed by atoms with E-state index in [0.29, 0.717) is 5.92 Å². The Morgan fingerprint density at radius 3 is 2.25 bits per heavy atom. The van der Waals surface area contributed by atoms with Crippen molar-refractivity contribution >= 4 is 10.0 Å². The van der Waals surface area contributed by atoms with E-state index in [9.17, 15) is 8.42 Å². The minimum absolute atomic E-state index is 0.0527. The molecule has 0 rings (SSSR count). The number of unbranched alkanes of at least 4 members (excludes halogenated alkanes) is 1. The van der Waals surface area contributed by atoms with Gasteiger partial charge in [-0.25, -0.2) is 13.1 Å². The highest BCUT2D eigenvalue weighted by Gasteiger charge is 2.13. The van der Waals surface area contributed by atoms with E-state index >= 15 is 0 Å². The lowest BCUT2D eigenvalue weighted by molar-refractivity contribution is 0.487. The lowest BCUT2D eigenvalue weighted by Gasteiger charge is -2.14. The highest BCUT2D eigenvalue weighted by atomic mass is 32.2. The molecular formula is C15H34N2O2S. The Balaban J connectivity index is 3.71. The van der Waals surface area contributed by atoms with E-state index in [1.54, 1.807) is 0 Å².